The molecule has 0 N–H and O–H groups in total. The highest BCUT2D eigenvalue weighted by atomic mass is 19.1. The Hall–Kier alpha value is -7.44. The highest BCUT2D eigenvalue weighted by Crippen LogP contribution is 2.45. The molecule has 0 fully saturated rings. The van der Waals surface area contributed by atoms with E-state index in [0.29, 0.717) is 11.2 Å². The molecule has 9 aromatic carbocycles. The Morgan fingerprint density at radius 3 is 0.984 bits per heavy atom. The maximum absolute atomic E-state index is 14.1. The number of anilines is 6. The van der Waals surface area contributed by atoms with Gasteiger partial charge in [0.15, 0.2) is 11.2 Å². The van der Waals surface area contributed by atoms with Crippen LogP contribution in [0.15, 0.2) is 154 Å². The number of fused-ring (bicyclic) bond motifs is 11. The molecule has 2 aromatic heterocycles. The van der Waals surface area contributed by atoms with E-state index in [1.54, 1.807) is 0 Å². The van der Waals surface area contributed by atoms with Crippen LogP contribution in [0.3, 0.4) is 0 Å². The fraction of sp³-hybridized carbons (Fsp3) is 0.107. The zero-order chi connectivity index (χ0) is 42.6. The zero-order valence-corrected chi connectivity index (χ0v) is 35.3. The summed E-state index contributed by atoms with van der Waals surface area (Å²) in [5.41, 5.74) is 16.0. The number of hydrogen-bond acceptors (Lipinski definition) is 4. The van der Waals surface area contributed by atoms with Crippen LogP contribution in [0.25, 0.3) is 65.4 Å². The van der Waals surface area contributed by atoms with E-state index in [4.69, 9.17) is 8.83 Å². The third-order valence-electron chi connectivity index (χ3n) is 13.0. The largest absolute Gasteiger partial charge is 0.451 e. The Balaban J connectivity index is 1.04. The van der Waals surface area contributed by atoms with E-state index in [9.17, 15) is 8.78 Å². The lowest BCUT2D eigenvalue weighted by atomic mass is 10.0. The number of furan rings is 2. The summed E-state index contributed by atoms with van der Waals surface area (Å²) in [4.78, 5) is 4.36. The van der Waals surface area contributed by atoms with Crippen LogP contribution in [0.2, 0.25) is 0 Å². The molecule has 6 heteroatoms. The Morgan fingerprint density at radius 1 is 0.306 bits per heavy atom. The van der Waals surface area contributed by atoms with Gasteiger partial charge in [0.25, 0.3) is 0 Å². The number of nitrogens with zero attached hydrogens (tertiary/aromatic N) is 2. The lowest BCUT2D eigenvalue weighted by Crippen LogP contribution is -2.11. The molecule has 0 aliphatic carbocycles. The fourth-order valence-corrected chi connectivity index (χ4v) is 9.25. The van der Waals surface area contributed by atoms with Gasteiger partial charge in [-0.3, -0.25) is 0 Å². The zero-order valence-electron chi connectivity index (χ0n) is 35.3. The number of halogens is 2. The van der Waals surface area contributed by atoms with E-state index in [0.717, 1.165) is 88.4 Å². The molecule has 11 aromatic rings. The third-order valence-corrected chi connectivity index (χ3v) is 13.0. The summed E-state index contributed by atoms with van der Waals surface area (Å²) in [5.74, 6) is -0.545. The SMILES string of the molecule is Cc1cc(N(c2ccc(F)cc2)c2ccc3c(ccc4c5ccc6c7ccc8cc(N(c9ccc(F)cc9)c9cc(C)c(C)c(C)c9)ccc8c7oc6c5oc34)c2)cc(C)c1C. The molecule has 0 aliphatic heterocycles. The maximum atomic E-state index is 14.1. The molecule has 0 radical (unpaired) electrons. The van der Waals surface area contributed by atoms with Crippen molar-refractivity contribution >= 4 is 99.5 Å². The van der Waals surface area contributed by atoms with E-state index >= 15 is 0 Å². The number of aryl methyl sites for hydroxylation is 4. The second-order valence-electron chi connectivity index (χ2n) is 16.8. The Labute approximate surface area is 357 Å². The molecule has 0 saturated carbocycles. The lowest BCUT2D eigenvalue weighted by molar-refractivity contribution is 0.627. The van der Waals surface area contributed by atoms with Crippen molar-refractivity contribution in [1.29, 1.82) is 0 Å². The number of benzene rings is 9. The van der Waals surface area contributed by atoms with Crippen LogP contribution in [0, 0.1) is 53.2 Å². The van der Waals surface area contributed by atoms with Crippen molar-refractivity contribution in [2.75, 3.05) is 9.80 Å². The van der Waals surface area contributed by atoms with Gasteiger partial charge in [0.1, 0.15) is 22.8 Å². The van der Waals surface area contributed by atoms with Gasteiger partial charge >= 0.3 is 0 Å². The smallest absolute Gasteiger partial charge is 0.178 e. The van der Waals surface area contributed by atoms with Gasteiger partial charge in [-0.1, -0.05) is 12.1 Å². The first-order valence-corrected chi connectivity index (χ1v) is 20.9. The quantitative estimate of drug-likeness (QED) is 0.167. The summed E-state index contributed by atoms with van der Waals surface area (Å²) in [6, 6.07) is 47.7. The maximum Gasteiger partial charge on any atom is 0.178 e. The molecule has 2 heterocycles. The molecule has 0 atom stereocenters. The van der Waals surface area contributed by atoms with Gasteiger partial charge in [-0.2, -0.15) is 0 Å². The van der Waals surface area contributed by atoms with Crippen LogP contribution >= 0.6 is 0 Å². The van der Waals surface area contributed by atoms with Crippen molar-refractivity contribution in [1.82, 2.24) is 0 Å². The van der Waals surface area contributed by atoms with E-state index in [1.807, 2.05) is 24.3 Å². The molecule has 62 heavy (non-hydrogen) atoms. The normalized spacial score (nSPS) is 11.9. The molecule has 0 aliphatic rings. The molecule has 0 unspecified atom stereocenters. The second kappa shape index (κ2) is 14.1. The Kier molecular flexibility index (Phi) is 8.52. The summed E-state index contributed by atoms with van der Waals surface area (Å²) in [5, 5.41) is 8.03. The van der Waals surface area contributed by atoms with Crippen LogP contribution in [0.4, 0.5) is 42.9 Å². The van der Waals surface area contributed by atoms with E-state index in [1.165, 1.54) is 57.6 Å². The lowest BCUT2D eigenvalue weighted by Gasteiger charge is -2.27. The van der Waals surface area contributed by atoms with Crippen LogP contribution in [-0.4, -0.2) is 0 Å². The van der Waals surface area contributed by atoms with Crippen molar-refractivity contribution in [3.63, 3.8) is 0 Å². The van der Waals surface area contributed by atoms with E-state index in [-0.39, 0.29) is 11.6 Å². The van der Waals surface area contributed by atoms with Crippen molar-refractivity contribution in [2.24, 2.45) is 0 Å². The van der Waals surface area contributed by atoms with Crippen molar-refractivity contribution in [3.8, 4) is 0 Å². The van der Waals surface area contributed by atoms with Crippen molar-refractivity contribution < 1.29 is 17.6 Å². The first kappa shape index (κ1) is 37.6. The van der Waals surface area contributed by atoms with Gasteiger partial charge in [-0.05, 0) is 219 Å². The summed E-state index contributed by atoms with van der Waals surface area (Å²) >= 11 is 0. The predicted octanol–water partition coefficient (Wildman–Crippen LogP) is 16.9. The van der Waals surface area contributed by atoms with Crippen LogP contribution in [0.1, 0.15) is 33.4 Å². The van der Waals surface area contributed by atoms with Crippen LogP contribution in [-0.2, 0) is 0 Å². The summed E-state index contributed by atoms with van der Waals surface area (Å²) < 4.78 is 42.0. The minimum absolute atomic E-state index is 0.273. The second-order valence-corrected chi connectivity index (χ2v) is 16.8. The summed E-state index contributed by atoms with van der Waals surface area (Å²) in [7, 11) is 0. The van der Waals surface area contributed by atoms with E-state index in [2.05, 4.69) is 148 Å². The average molecular weight is 813 g/mol. The molecule has 11 rings (SSSR count). The number of hydrogen-bond donors (Lipinski definition) is 0. The summed E-state index contributed by atoms with van der Waals surface area (Å²) in [6.45, 7) is 12.8. The molecule has 0 amide bonds. The molecular formula is C56H42F2N2O2. The highest BCUT2D eigenvalue weighted by molar-refractivity contribution is 6.24. The standard InChI is InChI=1S/C56H42F2N2O2/c1-31-25-45(26-32(2)35(31)5)59(41-13-9-39(57)10-14-41)43-17-21-47-37(29-43)7-19-49-51-23-24-52-50-20-8-38-30-44(18-22-48(38)54(50)62-56(52)55(51)61-53(47)49)60(42-15-11-40(58)12-16-42)46-27-33(3)36(6)34(4)28-46/h7-30H,1-6H3. The van der Waals surface area contributed by atoms with Gasteiger partial charge in [0.05, 0.1) is 0 Å². The van der Waals surface area contributed by atoms with Gasteiger partial charge in [-0.25, -0.2) is 8.78 Å². The minimum Gasteiger partial charge on any atom is -0.451 e. The van der Waals surface area contributed by atoms with Crippen LogP contribution < -0.4 is 9.80 Å². The molecule has 4 nitrogen and oxygen atoms in total. The van der Waals surface area contributed by atoms with Gasteiger partial charge in [0, 0.05) is 66.4 Å². The summed E-state index contributed by atoms with van der Waals surface area (Å²) in [6.07, 6.45) is 0. The molecule has 0 spiro atoms. The van der Waals surface area contributed by atoms with Gasteiger partial charge < -0.3 is 18.6 Å². The highest BCUT2D eigenvalue weighted by Gasteiger charge is 2.22. The fourth-order valence-electron chi connectivity index (χ4n) is 9.25. The van der Waals surface area contributed by atoms with Gasteiger partial charge in [0.2, 0.25) is 0 Å². The van der Waals surface area contributed by atoms with Crippen molar-refractivity contribution in [2.45, 2.75) is 41.5 Å². The Bertz CT molecular complexity index is 3330. The first-order valence-electron chi connectivity index (χ1n) is 20.9. The van der Waals surface area contributed by atoms with Crippen LogP contribution in [0.5, 0.6) is 0 Å². The molecule has 302 valence electrons. The van der Waals surface area contributed by atoms with Crippen molar-refractivity contribution in [3.05, 3.63) is 191 Å². The number of rotatable bonds is 6. The topological polar surface area (TPSA) is 32.8 Å². The Morgan fingerprint density at radius 2 is 0.613 bits per heavy atom. The average Bonchev–Trinajstić information content (AvgIpc) is 3.85. The first-order chi connectivity index (χ1) is 30.0. The minimum atomic E-state index is -0.273. The monoisotopic (exact) mass is 812 g/mol. The van der Waals surface area contributed by atoms with E-state index < -0.39 is 0 Å². The third kappa shape index (κ3) is 5.93. The molecular weight excluding hydrogens is 771 g/mol. The van der Waals surface area contributed by atoms with Gasteiger partial charge in [-0.15, -0.1) is 0 Å². The molecule has 0 saturated heterocycles. The molecule has 0 bridgehead atoms. The predicted molar refractivity (Wildman–Crippen MR) is 254 cm³/mol.